The molecule has 0 aromatic heterocycles. The van der Waals surface area contributed by atoms with Crippen molar-refractivity contribution in [3.63, 3.8) is 0 Å². The molecule has 1 spiro atoms. The van der Waals surface area contributed by atoms with Crippen molar-refractivity contribution in [3.05, 3.63) is 0 Å². The maximum atomic E-state index is 10.7. The summed E-state index contributed by atoms with van der Waals surface area (Å²) >= 11 is 0. The Bertz CT molecular complexity index is 211. The SMILES string of the molecule is O=C(O)C1COC2(CCNCC2)C1. The van der Waals surface area contributed by atoms with Crippen LogP contribution in [0.1, 0.15) is 19.3 Å². The summed E-state index contributed by atoms with van der Waals surface area (Å²) in [6.45, 7) is 2.30. The number of nitrogens with one attached hydrogen (secondary N) is 1. The molecule has 4 nitrogen and oxygen atoms in total. The average molecular weight is 185 g/mol. The highest BCUT2D eigenvalue weighted by atomic mass is 16.5. The van der Waals surface area contributed by atoms with Crippen LogP contribution in [-0.2, 0) is 9.53 Å². The van der Waals surface area contributed by atoms with E-state index in [4.69, 9.17) is 9.84 Å². The van der Waals surface area contributed by atoms with Gasteiger partial charge < -0.3 is 15.2 Å². The molecule has 0 aromatic rings. The van der Waals surface area contributed by atoms with Crippen molar-refractivity contribution in [2.45, 2.75) is 24.9 Å². The van der Waals surface area contributed by atoms with E-state index in [1.165, 1.54) is 0 Å². The third-order valence-corrected chi connectivity index (χ3v) is 3.07. The lowest BCUT2D eigenvalue weighted by atomic mass is 9.86. The van der Waals surface area contributed by atoms with Crippen molar-refractivity contribution in [2.75, 3.05) is 19.7 Å². The van der Waals surface area contributed by atoms with Gasteiger partial charge in [-0.1, -0.05) is 0 Å². The molecule has 74 valence electrons. The van der Waals surface area contributed by atoms with E-state index in [1.54, 1.807) is 0 Å². The molecule has 0 bridgehead atoms. The first-order valence-corrected chi connectivity index (χ1v) is 4.79. The summed E-state index contributed by atoms with van der Waals surface area (Å²) in [4.78, 5) is 10.7. The fourth-order valence-corrected chi connectivity index (χ4v) is 2.23. The summed E-state index contributed by atoms with van der Waals surface area (Å²) in [5, 5.41) is 12.1. The van der Waals surface area contributed by atoms with Gasteiger partial charge in [0.25, 0.3) is 0 Å². The molecule has 2 N–H and O–H groups in total. The molecule has 2 rings (SSSR count). The van der Waals surface area contributed by atoms with Gasteiger partial charge in [-0.25, -0.2) is 0 Å². The fraction of sp³-hybridized carbons (Fsp3) is 0.889. The molecular weight excluding hydrogens is 170 g/mol. The van der Waals surface area contributed by atoms with E-state index >= 15 is 0 Å². The molecule has 0 amide bonds. The highest BCUT2D eigenvalue weighted by Crippen LogP contribution is 2.36. The number of hydrogen-bond donors (Lipinski definition) is 2. The van der Waals surface area contributed by atoms with Crippen LogP contribution in [0.2, 0.25) is 0 Å². The smallest absolute Gasteiger partial charge is 0.308 e. The first kappa shape index (κ1) is 8.97. The van der Waals surface area contributed by atoms with Gasteiger partial charge in [-0.2, -0.15) is 0 Å². The van der Waals surface area contributed by atoms with Crippen molar-refractivity contribution in [2.24, 2.45) is 5.92 Å². The molecule has 13 heavy (non-hydrogen) atoms. The Morgan fingerprint density at radius 3 is 2.69 bits per heavy atom. The molecule has 2 aliphatic heterocycles. The van der Waals surface area contributed by atoms with Crippen LogP contribution < -0.4 is 5.32 Å². The highest BCUT2D eigenvalue weighted by Gasteiger charge is 2.43. The molecule has 0 aliphatic carbocycles. The largest absolute Gasteiger partial charge is 0.481 e. The zero-order chi connectivity index (χ0) is 9.31. The van der Waals surface area contributed by atoms with E-state index in [0.717, 1.165) is 25.9 Å². The Morgan fingerprint density at radius 1 is 1.46 bits per heavy atom. The number of aliphatic carboxylic acids is 1. The monoisotopic (exact) mass is 185 g/mol. The zero-order valence-corrected chi connectivity index (χ0v) is 7.58. The normalized spacial score (nSPS) is 32.2. The number of piperidine rings is 1. The minimum atomic E-state index is -0.713. The Kier molecular flexibility index (Phi) is 2.26. The van der Waals surface area contributed by atoms with E-state index in [-0.39, 0.29) is 11.5 Å². The summed E-state index contributed by atoms with van der Waals surface area (Å²) in [5.41, 5.74) is -0.117. The molecular formula is C9H15NO3. The third-order valence-electron chi connectivity index (χ3n) is 3.07. The van der Waals surface area contributed by atoms with Crippen LogP contribution in [-0.4, -0.2) is 36.4 Å². The van der Waals surface area contributed by atoms with E-state index in [9.17, 15) is 4.79 Å². The number of carboxylic acids is 1. The van der Waals surface area contributed by atoms with Gasteiger partial charge in [0.1, 0.15) is 0 Å². The molecule has 2 heterocycles. The number of ether oxygens (including phenoxy) is 1. The molecule has 2 saturated heterocycles. The van der Waals surface area contributed by atoms with Crippen molar-refractivity contribution < 1.29 is 14.6 Å². The van der Waals surface area contributed by atoms with E-state index in [0.29, 0.717) is 13.0 Å². The second kappa shape index (κ2) is 3.27. The molecule has 2 fully saturated rings. The van der Waals surface area contributed by atoms with Gasteiger partial charge >= 0.3 is 5.97 Å². The molecule has 4 heteroatoms. The van der Waals surface area contributed by atoms with Gasteiger partial charge in [0.2, 0.25) is 0 Å². The quantitative estimate of drug-likeness (QED) is 0.614. The topological polar surface area (TPSA) is 58.6 Å². The van der Waals surface area contributed by atoms with Crippen LogP contribution in [0, 0.1) is 5.92 Å². The van der Waals surface area contributed by atoms with Crippen LogP contribution in [0.3, 0.4) is 0 Å². The van der Waals surface area contributed by atoms with Gasteiger partial charge in [-0.3, -0.25) is 4.79 Å². The van der Waals surface area contributed by atoms with Crippen LogP contribution in [0.25, 0.3) is 0 Å². The Labute approximate surface area is 77.3 Å². The second-order valence-corrected chi connectivity index (χ2v) is 3.98. The molecule has 2 aliphatic rings. The first-order chi connectivity index (χ1) is 6.22. The average Bonchev–Trinajstić information content (AvgIpc) is 2.51. The van der Waals surface area contributed by atoms with E-state index < -0.39 is 5.97 Å². The molecule has 1 unspecified atom stereocenters. The summed E-state index contributed by atoms with van der Waals surface area (Å²) in [6, 6.07) is 0. The molecule has 0 aromatic carbocycles. The lowest BCUT2D eigenvalue weighted by molar-refractivity contribution is -0.141. The van der Waals surface area contributed by atoms with Gasteiger partial charge in [0, 0.05) is 0 Å². The van der Waals surface area contributed by atoms with E-state index in [1.807, 2.05) is 0 Å². The summed E-state index contributed by atoms with van der Waals surface area (Å²) < 4.78 is 5.63. The van der Waals surface area contributed by atoms with Crippen LogP contribution in [0.5, 0.6) is 0 Å². The Morgan fingerprint density at radius 2 is 2.15 bits per heavy atom. The maximum Gasteiger partial charge on any atom is 0.308 e. The lowest BCUT2D eigenvalue weighted by Crippen LogP contribution is -2.41. The van der Waals surface area contributed by atoms with Crippen molar-refractivity contribution >= 4 is 5.97 Å². The standard InChI is InChI=1S/C9H15NO3/c11-8(12)7-5-9(13-6-7)1-3-10-4-2-9/h7,10H,1-6H2,(H,11,12). The number of rotatable bonds is 1. The first-order valence-electron chi connectivity index (χ1n) is 4.79. The number of carboxylic acid groups (broad SMARTS) is 1. The van der Waals surface area contributed by atoms with Gasteiger partial charge in [0.05, 0.1) is 18.1 Å². The predicted octanol–water partition coefficient (Wildman–Crippen LogP) is 0.230. The minimum Gasteiger partial charge on any atom is -0.481 e. The molecule has 0 radical (unpaired) electrons. The van der Waals surface area contributed by atoms with Gasteiger partial charge in [-0.15, -0.1) is 0 Å². The van der Waals surface area contributed by atoms with Crippen molar-refractivity contribution in [1.82, 2.24) is 5.32 Å². The maximum absolute atomic E-state index is 10.7. The van der Waals surface area contributed by atoms with E-state index in [2.05, 4.69) is 5.32 Å². The lowest BCUT2D eigenvalue weighted by Gasteiger charge is -2.32. The number of carbonyl (C=O) groups is 1. The predicted molar refractivity (Wildman–Crippen MR) is 46.5 cm³/mol. The summed E-state index contributed by atoms with van der Waals surface area (Å²) in [5.74, 6) is -0.992. The molecule has 1 atom stereocenters. The van der Waals surface area contributed by atoms with Crippen LogP contribution in [0.4, 0.5) is 0 Å². The summed E-state index contributed by atoms with van der Waals surface area (Å²) in [7, 11) is 0. The molecule has 0 saturated carbocycles. The van der Waals surface area contributed by atoms with Gasteiger partial charge in [0.15, 0.2) is 0 Å². The van der Waals surface area contributed by atoms with Crippen molar-refractivity contribution in [3.8, 4) is 0 Å². The Balaban J connectivity index is 1.98. The fourth-order valence-electron chi connectivity index (χ4n) is 2.23. The van der Waals surface area contributed by atoms with Crippen LogP contribution in [0.15, 0.2) is 0 Å². The van der Waals surface area contributed by atoms with Crippen LogP contribution >= 0.6 is 0 Å². The zero-order valence-electron chi connectivity index (χ0n) is 7.58. The second-order valence-electron chi connectivity index (χ2n) is 3.98. The van der Waals surface area contributed by atoms with Gasteiger partial charge in [-0.05, 0) is 32.4 Å². The third kappa shape index (κ3) is 1.69. The highest BCUT2D eigenvalue weighted by molar-refractivity contribution is 5.70. The van der Waals surface area contributed by atoms with Crippen molar-refractivity contribution in [1.29, 1.82) is 0 Å². The minimum absolute atomic E-state index is 0.117. The number of hydrogen-bond acceptors (Lipinski definition) is 3. The Hall–Kier alpha value is -0.610. The summed E-state index contributed by atoms with van der Waals surface area (Å²) in [6.07, 6.45) is 2.61.